The first-order chi connectivity index (χ1) is 11.6. The number of aliphatic imine (C=N–C) groups is 1. The van der Waals surface area contributed by atoms with Gasteiger partial charge in [0, 0.05) is 18.5 Å². The zero-order chi connectivity index (χ0) is 17.4. The molecule has 0 saturated carbocycles. The summed E-state index contributed by atoms with van der Waals surface area (Å²) in [6.07, 6.45) is 0.986. The van der Waals surface area contributed by atoms with E-state index < -0.39 is 0 Å². The van der Waals surface area contributed by atoms with E-state index in [1.165, 1.54) is 11.1 Å². The number of hydrogen-bond donors (Lipinski definition) is 2. The minimum atomic E-state index is 0.472. The number of aromatic nitrogens is 1. The van der Waals surface area contributed by atoms with Gasteiger partial charge in [0.15, 0.2) is 5.96 Å². The van der Waals surface area contributed by atoms with Crippen LogP contribution in [0.1, 0.15) is 48.5 Å². The maximum absolute atomic E-state index is 4.64. The fraction of sp³-hybridized carbons (Fsp3) is 0.474. The minimum Gasteiger partial charge on any atom is -0.357 e. The second-order valence-corrected chi connectivity index (χ2v) is 7.12. The van der Waals surface area contributed by atoms with Gasteiger partial charge in [0.2, 0.25) is 0 Å². The summed E-state index contributed by atoms with van der Waals surface area (Å²) in [6.45, 7) is 10.9. The molecule has 0 amide bonds. The molecule has 0 aliphatic rings. The number of nitrogens with one attached hydrogen (secondary N) is 2. The van der Waals surface area contributed by atoms with E-state index in [0.717, 1.165) is 36.2 Å². The fourth-order valence-electron chi connectivity index (χ4n) is 2.23. The van der Waals surface area contributed by atoms with Crippen LogP contribution in [0.15, 0.2) is 34.6 Å². The summed E-state index contributed by atoms with van der Waals surface area (Å²) in [6, 6.07) is 8.68. The topological polar surface area (TPSA) is 49.3 Å². The fourth-order valence-corrected chi connectivity index (χ4v) is 3.11. The van der Waals surface area contributed by atoms with E-state index in [-0.39, 0.29) is 0 Å². The highest BCUT2D eigenvalue weighted by molar-refractivity contribution is 7.09. The lowest BCUT2D eigenvalue weighted by atomic mass is 10.1. The van der Waals surface area contributed by atoms with Crippen molar-refractivity contribution in [1.82, 2.24) is 15.6 Å². The van der Waals surface area contributed by atoms with Crippen molar-refractivity contribution in [1.29, 1.82) is 0 Å². The molecule has 0 bridgehead atoms. The monoisotopic (exact) mass is 344 g/mol. The second kappa shape index (κ2) is 9.42. The van der Waals surface area contributed by atoms with Crippen LogP contribution in [0.5, 0.6) is 0 Å². The second-order valence-electron chi connectivity index (χ2n) is 6.18. The van der Waals surface area contributed by atoms with Gasteiger partial charge in [0.1, 0.15) is 5.01 Å². The maximum atomic E-state index is 4.64. The molecule has 0 radical (unpaired) electrons. The molecule has 0 atom stereocenters. The van der Waals surface area contributed by atoms with Gasteiger partial charge in [-0.1, -0.05) is 43.7 Å². The normalized spacial score (nSPS) is 11.8. The van der Waals surface area contributed by atoms with E-state index in [1.54, 1.807) is 11.3 Å². The Morgan fingerprint density at radius 2 is 1.96 bits per heavy atom. The molecule has 0 unspecified atom stereocenters. The summed E-state index contributed by atoms with van der Waals surface area (Å²) >= 11 is 1.69. The lowest BCUT2D eigenvalue weighted by molar-refractivity contribution is 0.793. The minimum absolute atomic E-state index is 0.472. The predicted octanol–water partition coefficient (Wildman–Crippen LogP) is 3.87. The first kappa shape index (κ1) is 18.5. The first-order valence-electron chi connectivity index (χ1n) is 8.60. The number of hydrogen-bond acceptors (Lipinski definition) is 3. The van der Waals surface area contributed by atoms with Crippen molar-refractivity contribution in [2.24, 2.45) is 4.99 Å². The molecule has 4 nitrogen and oxygen atoms in total. The molecule has 24 heavy (non-hydrogen) atoms. The van der Waals surface area contributed by atoms with Crippen LogP contribution in [-0.4, -0.2) is 24.0 Å². The average Bonchev–Trinajstić information content (AvgIpc) is 3.04. The molecule has 130 valence electrons. The molecule has 1 aromatic carbocycles. The molecule has 2 rings (SSSR count). The number of nitrogens with zero attached hydrogens (tertiary/aromatic N) is 2. The molecule has 0 aliphatic carbocycles. The Labute approximate surface area is 149 Å². The lowest BCUT2D eigenvalue weighted by Gasteiger charge is -2.11. The number of guanidine groups is 1. The van der Waals surface area contributed by atoms with Crippen molar-refractivity contribution in [3.05, 3.63) is 51.5 Å². The Morgan fingerprint density at radius 1 is 1.21 bits per heavy atom. The smallest absolute Gasteiger partial charge is 0.191 e. The van der Waals surface area contributed by atoms with Crippen molar-refractivity contribution in [3.8, 4) is 0 Å². The van der Waals surface area contributed by atoms with Crippen molar-refractivity contribution in [2.45, 2.75) is 46.6 Å². The van der Waals surface area contributed by atoms with Gasteiger partial charge in [-0.25, -0.2) is 9.98 Å². The van der Waals surface area contributed by atoms with Crippen LogP contribution in [0.25, 0.3) is 0 Å². The van der Waals surface area contributed by atoms with Gasteiger partial charge in [-0.3, -0.25) is 0 Å². The average molecular weight is 345 g/mol. The van der Waals surface area contributed by atoms with Crippen LogP contribution < -0.4 is 10.6 Å². The molecule has 2 N–H and O–H groups in total. The highest BCUT2D eigenvalue weighted by Gasteiger charge is 2.05. The van der Waals surface area contributed by atoms with Crippen LogP contribution in [0.2, 0.25) is 0 Å². The van der Waals surface area contributed by atoms with E-state index in [9.17, 15) is 0 Å². The third kappa shape index (κ3) is 5.96. The van der Waals surface area contributed by atoms with Gasteiger partial charge in [0.05, 0.1) is 12.2 Å². The van der Waals surface area contributed by atoms with Crippen molar-refractivity contribution in [2.75, 3.05) is 13.1 Å². The zero-order valence-electron chi connectivity index (χ0n) is 15.1. The number of aryl methyl sites for hydroxylation is 1. The van der Waals surface area contributed by atoms with Gasteiger partial charge in [0.25, 0.3) is 0 Å². The van der Waals surface area contributed by atoms with E-state index >= 15 is 0 Å². The number of benzene rings is 1. The molecule has 2 aromatic rings. The van der Waals surface area contributed by atoms with Gasteiger partial charge in [-0.2, -0.15) is 0 Å². The molecule has 0 fully saturated rings. The summed E-state index contributed by atoms with van der Waals surface area (Å²) < 4.78 is 0. The molecular formula is C19H28N4S. The molecule has 0 spiro atoms. The zero-order valence-corrected chi connectivity index (χ0v) is 15.9. The number of thiazole rings is 1. The van der Waals surface area contributed by atoms with Crippen LogP contribution in [0.4, 0.5) is 0 Å². The molecule has 1 heterocycles. The first-order valence-corrected chi connectivity index (χ1v) is 9.48. The lowest BCUT2D eigenvalue weighted by Crippen LogP contribution is -2.38. The maximum Gasteiger partial charge on any atom is 0.191 e. The van der Waals surface area contributed by atoms with Gasteiger partial charge >= 0.3 is 0 Å². The Balaban J connectivity index is 1.86. The summed E-state index contributed by atoms with van der Waals surface area (Å²) in [4.78, 5) is 9.28. The summed E-state index contributed by atoms with van der Waals surface area (Å²) in [7, 11) is 0. The summed E-state index contributed by atoms with van der Waals surface area (Å²) in [5.74, 6) is 1.32. The van der Waals surface area contributed by atoms with Crippen LogP contribution >= 0.6 is 11.3 Å². The largest absolute Gasteiger partial charge is 0.357 e. The van der Waals surface area contributed by atoms with Crippen LogP contribution in [0.3, 0.4) is 0 Å². The van der Waals surface area contributed by atoms with Gasteiger partial charge in [-0.05, 0) is 31.7 Å². The quantitative estimate of drug-likeness (QED) is 0.592. The third-order valence-electron chi connectivity index (χ3n) is 3.70. The molecule has 1 aromatic heterocycles. The highest BCUT2D eigenvalue weighted by atomic mass is 32.1. The van der Waals surface area contributed by atoms with Gasteiger partial charge in [-0.15, -0.1) is 11.3 Å². The summed E-state index contributed by atoms with van der Waals surface area (Å²) in [5.41, 5.74) is 3.79. The Bertz CT molecular complexity index is 644. The van der Waals surface area contributed by atoms with Gasteiger partial charge < -0.3 is 10.6 Å². The SMILES string of the molecule is CCNC(=NCc1nc(C(C)C)cs1)NCCc1ccc(C)cc1. The standard InChI is InChI=1S/C19H28N4S/c1-5-20-19(21-11-10-16-8-6-15(4)7-9-16)22-12-18-23-17(13-24-18)14(2)3/h6-9,13-14H,5,10-12H2,1-4H3,(H2,20,21,22). The van der Waals surface area contributed by atoms with Crippen molar-refractivity contribution < 1.29 is 0 Å². The molecule has 0 saturated heterocycles. The Kier molecular flexibility index (Phi) is 7.25. The Morgan fingerprint density at radius 3 is 2.58 bits per heavy atom. The number of rotatable bonds is 7. The third-order valence-corrected chi connectivity index (χ3v) is 4.56. The van der Waals surface area contributed by atoms with E-state index in [2.05, 4.69) is 78.0 Å². The van der Waals surface area contributed by atoms with E-state index in [1.807, 2.05) is 0 Å². The van der Waals surface area contributed by atoms with Crippen molar-refractivity contribution >= 4 is 17.3 Å². The van der Waals surface area contributed by atoms with Crippen molar-refractivity contribution in [3.63, 3.8) is 0 Å². The molecule has 5 heteroatoms. The van der Waals surface area contributed by atoms with E-state index in [0.29, 0.717) is 12.5 Å². The summed E-state index contributed by atoms with van der Waals surface area (Å²) in [5, 5.41) is 9.89. The molecular weight excluding hydrogens is 316 g/mol. The Hall–Kier alpha value is -1.88. The van der Waals surface area contributed by atoms with E-state index in [4.69, 9.17) is 0 Å². The molecule has 0 aliphatic heterocycles. The predicted molar refractivity (Wildman–Crippen MR) is 104 cm³/mol. The highest BCUT2D eigenvalue weighted by Crippen LogP contribution is 2.18. The van der Waals surface area contributed by atoms with Crippen LogP contribution in [-0.2, 0) is 13.0 Å². The van der Waals surface area contributed by atoms with Crippen LogP contribution in [0, 0.1) is 6.92 Å².